The van der Waals surface area contributed by atoms with Gasteiger partial charge in [0.25, 0.3) is 5.56 Å². The first-order chi connectivity index (χ1) is 10.2. The quantitative estimate of drug-likeness (QED) is 0.685. The Morgan fingerprint density at radius 3 is 3.00 bits per heavy atom. The van der Waals surface area contributed by atoms with Crippen LogP contribution in [0, 0.1) is 0 Å². The molecule has 0 radical (unpaired) electrons. The molecule has 0 unspecified atom stereocenters. The summed E-state index contributed by atoms with van der Waals surface area (Å²) in [6, 6.07) is 9.70. The summed E-state index contributed by atoms with van der Waals surface area (Å²) < 4.78 is 1.68. The predicted molar refractivity (Wildman–Crippen MR) is 81.0 cm³/mol. The van der Waals surface area contributed by atoms with Crippen LogP contribution in [0.1, 0.15) is 11.4 Å². The number of aromatic amines is 1. The number of pyridine rings is 1. The van der Waals surface area contributed by atoms with Gasteiger partial charge in [-0.3, -0.25) is 9.48 Å². The van der Waals surface area contributed by atoms with E-state index in [0.29, 0.717) is 6.54 Å². The van der Waals surface area contributed by atoms with Gasteiger partial charge in [-0.15, -0.1) is 0 Å². The molecule has 0 aliphatic heterocycles. The number of hydrogen-bond acceptors (Lipinski definition) is 4. The second-order valence-electron chi connectivity index (χ2n) is 4.97. The maximum Gasteiger partial charge on any atom is 0.252 e. The van der Waals surface area contributed by atoms with Crippen molar-refractivity contribution >= 4 is 10.9 Å². The fraction of sp³-hybridized carbons (Fsp3) is 0.267. The largest absolute Gasteiger partial charge is 0.322 e. The molecule has 2 aromatic heterocycles. The highest BCUT2D eigenvalue weighted by Gasteiger charge is 2.03. The standard InChI is InChI=1S/C15H17N5O/c1-20-10-17-14(19-20)6-7-16-9-12-8-11-4-2-3-5-13(11)18-15(12)21/h2-5,8,10,16H,6-7,9H2,1H3,(H,18,21). The number of nitrogens with one attached hydrogen (secondary N) is 2. The molecule has 3 aromatic rings. The minimum atomic E-state index is -0.0443. The van der Waals surface area contributed by atoms with Gasteiger partial charge in [-0.1, -0.05) is 18.2 Å². The number of benzene rings is 1. The van der Waals surface area contributed by atoms with E-state index in [4.69, 9.17) is 0 Å². The van der Waals surface area contributed by atoms with Crippen LogP contribution < -0.4 is 10.9 Å². The van der Waals surface area contributed by atoms with Crippen LogP contribution >= 0.6 is 0 Å². The predicted octanol–water partition coefficient (Wildman–Crippen LogP) is 0.989. The Morgan fingerprint density at radius 2 is 2.19 bits per heavy atom. The Morgan fingerprint density at radius 1 is 1.33 bits per heavy atom. The summed E-state index contributed by atoms with van der Waals surface area (Å²) in [5.41, 5.74) is 1.56. The first kappa shape index (κ1) is 13.5. The highest BCUT2D eigenvalue weighted by molar-refractivity contribution is 5.78. The lowest BCUT2D eigenvalue weighted by Gasteiger charge is -2.04. The lowest BCUT2D eigenvalue weighted by Crippen LogP contribution is -2.23. The molecule has 0 saturated carbocycles. The number of aryl methyl sites for hydroxylation is 1. The fourth-order valence-electron chi connectivity index (χ4n) is 2.25. The zero-order valence-electron chi connectivity index (χ0n) is 11.8. The number of H-pyrrole nitrogens is 1. The van der Waals surface area contributed by atoms with Gasteiger partial charge >= 0.3 is 0 Å². The maximum absolute atomic E-state index is 12.0. The van der Waals surface area contributed by atoms with Crippen LogP contribution in [-0.2, 0) is 20.0 Å². The number of rotatable bonds is 5. The fourth-order valence-corrected chi connectivity index (χ4v) is 2.25. The van der Waals surface area contributed by atoms with Gasteiger partial charge in [0.2, 0.25) is 0 Å². The summed E-state index contributed by atoms with van der Waals surface area (Å²) in [5, 5.41) is 8.51. The normalized spacial score (nSPS) is 11.1. The van der Waals surface area contributed by atoms with Gasteiger partial charge in [-0.25, -0.2) is 4.98 Å². The van der Waals surface area contributed by atoms with Gasteiger partial charge in [0.1, 0.15) is 6.33 Å². The van der Waals surface area contributed by atoms with E-state index in [1.165, 1.54) is 0 Å². The highest BCUT2D eigenvalue weighted by Crippen LogP contribution is 2.09. The Balaban J connectivity index is 1.62. The molecule has 1 aromatic carbocycles. The molecule has 6 heteroatoms. The first-order valence-corrected chi connectivity index (χ1v) is 6.88. The lowest BCUT2D eigenvalue weighted by molar-refractivity contribution is 0.658. The van der Waals surface area contributed by atoms with Crippen LogP contribution in [0.15, 0.2) is 41.5 Å². The average Bonchev–Trinajstić information content (AvgIpc) is 2.89. The van der Waals surface area contributed by atoms with E-state index in [9.17, 15) is 4.79 Å². The molecule has 0 aliphatic carbocycles. The summed E-state index contributed by atoms with van der Waals surface area (Å²) >= 11 is 0. The van der Waals surface area contributed by atoms with Crippen molar-refractivity contribution in [2.75, 3.05) is 6.54 Å². The van der Waals surface area contributed by atoms with E-state index in [1.54, 1.807) is 11.0 Å². The van der Waals surface area contributed by atoms with E-state index >= 15 is 0 Å². The van der Waals surface area contributed by atoms with Crippen molar-refractivity contribution in [3.63, 3.8) is 0 Å². The lowest BCUT2D eigenvalue weighted by atomic mass is 10.1. The van der Waals surface area contributed by atoms with Crippen LogP contribution in [0.4, 0.5) is 0 Å². The Bertz CT molecular complexity index is 805. The zero-order chi connectivity index (χ0) is 14.7. The van der Waals surface area contributed by atoms with Crippen LogP contribution in [0.3, 0.4) is 0 Å². The highest BCUT2D eigenvalue weighted by atomic mass is 16.1. The molecule has 2 heterocycles. The summed E-state index contributed by atoms with van der Waals surface area (Å²) in [5.74, 6) is 0.803. The molecule has 3 rings (SSSR count). The molecule has 0 amide bonds. The summed E-state index contributed by atoms with van der Waals surface area (Å²) in [6.07, 6.45) is 2.43. The molecule has 0 bridgehead atoms. The molecular weight excluding hydrogens is 266 g/mol. The molecule has 0 saturated heterocycles. The van der Waals surface area contributed by atoms with Gasteiger partial charge in [0.15, 0.2) is 5.82 Å². The van der Waals surface area contributed by atoms with Crippen molar-refractivity contribution in [2.24, 2.45) is 7.05 Å². The zero-order valence-corrected chi connectivity index (χ0v) is 11.8. The minimum absolute atomic E-state index is 0.0443. The third-order valence-corrected chi connectivity index (χ3v) is 3.32. The molecule has 0 spiro atoms. The van der Waals surface area contributed by atoms with Gasteiger partial charge in [0, 0.05) is 37.6 Å². The van der Waals surface area contributed by atoms with Gasteiger partial charge < -0.3 is 10.3 Å². The van der Waals surface area contributed by atoms with Crippen molar-refractivity contribution in [1.82, 2.24) is 25.1 Å². The third-order valence-electron chi connectivity index (χ3n) is 3.32. The van der Waals surface area contributed by atoms with E-state index in [1.807, 2.05) is 37.4 Å². The smallest absolute Gasteiger partial charge is 0.252 e. The molecule has 6 nitrogen and oxygen atoms in total. The minimum Gasteiger partial charge on any atom is -0.322 e. The van der Waals surface area contributed by atoms with Crippen molar-refractivity contribution in [3.05, 3.63) is 58.4 Å². The van der Waals surface area contributed by atoms with Crippen LogP contribution in [0.2, 0.25) is 0 Å². The summed E-state index contributed by atoms with van der Waals surface area (Å²) in [6.45, 7) is 1.27. The number of aromatic nitrogens is 4. The first-order valence-electron chi connectivity index (χ1n) is 6.88. The maximum atomic E-state index is 12.0. The SMILES string of the molecule is Cn1cnc(CCNCc2cc3ccccc3[nH]c2=O)n1. The number of fused-ring (bicyclic) bond motifs is 1. The van der Waals surface area contributed by atoms with Gasteiger partial charge in [-0.2, -0.15) is 5.10 Å². The molecule has 2 N–H and O–H groups in total. The molecule has 21 heavy (non-hydrogen) atoms. The van der Waals surface area contributed by atoms with E-state index < -0.39 is 0 Å². The Hall–Kier alpha value is -2.47. The average molecular weight is 283 g/mol. The number of hydrogen-bond donors (Lipinski definition) is 2. The van der Waals surface area contributed by atoms with Crippen molar-refractivity contribution in [1.29, 1.82) is 0 Å². The molecular formula is C15H17N5O. The van der Waals surface area contributed by atoms with Crippen molar-refractivity contribution in [2.45, 2.75) is 13.0 Å². The topological polar surface area (TPSA) is 75.6 Å². The second kappa shape index (κ2) is 5.88. The van der Waals surface area contributed by atoms with Crippen molar-refractivity contribution < 1.29 is 0 Å². The second-order valence-corrected chi connectivity index (χ2v) is 4.97. The van der Waals surface area contributed by atoms with Crippen LogP contribution in [-0.4, -0.2) is 26.3 Å². The van der Waals surface area contributed by atoms with Gasteiger partial charge in [-0.05, 0) is 17.5 Å². The number of nitrogens with zero attached hydrogens (tertiary/aromatic N) is 3. The molecule has 0 aliphatic rings. The molecule has 108 valence electrons. The molecule has 0 atom stereocenters. The Kier molecular flexibility index (Phi) is 3.79. The monoisotopic (exact) mass is 283 g/mol. The van der Waals surface area contributed by atoms with E-state index in [2.05, 4.69) is 20.4 Å². The van der Waals surface area contributed by atoms with E-state index in [-0.39, 0.29) is 5.56 Å². The number of para-hydroxylation sites is 1. The van der Waals surface area contributed by atoms with Crippen LogP contribution in [0.5, 0.6) is 0 Å². The van der Waals surface area contributed by atoms with E-state index in [0.717, 1.165) is 35.3 Å². The van der Waals surface area contributed by atoms with Crippen molar-refractivity contribution in [3.8, 4) is 0 Å². The molecule has 0 fully saturated rings. The van der Waals surface area contributed by atoms with Crippen LogP contribution in [0.25, 0.3) is 10.9 Å². The summed E-state index contributed by atoms with van der Waals surface area (Å²) in [7, 11) is 1.85. The Labute approximate surface area is 121 Å². The third kappa shape index (κ3) is 3.17. The van der Waals surface area contributed by atoms with Gasteiger partial charge in [0.05, 0.1) is 0 Å². The summed E-state index contributed by atoms with van der Waals surface area (Å²) in [4.78, 5) is 19.0.